The van der Waals surface area contributed by atoms with Crippen molar-refractivity contribution in [3.8, 4) is 11.5 Å². The van der Waals surface area contributed by atoms with Crippen molar-refractivity contribution < 1.29 is 19.4 Å². The van der Waals surface area contributed by atoms with E-state index in [1.807, 2.05) is 39.0 Å². The Bertz CT molecular complexity index is 821. The monoisotopic (exact) mass is 460 g/mol. The minimum absolute atomic E-state index is 0.101. The van der Waals surface area contributed by atoms with E-state index in [2.05, 4.69) is 0 Å². The Morgan fingerprint density at radius 1 is 0.893 bits per heavy atom. The summed E-state index contributed by atoms with van der Waals surface area (Å²) in [5, 5.41) is 9.53. The van der Waals surface area contributed by atoms with Gasteiger partial charge in [0.1, 0.15) is 11.5 Å². The Hall–Kier alpha value is -1.22. The first-order valence-electron chi connectivity index (χ1n) is 8.35. The molecule has 2 rings (SSSR count). The van der Waals surface area contributed by atoms with Crippen LogP contribution in [0.15, 0.2) is 30.3 Å². The summed E-state index contributed by atoms with van der Waals surface area (Å²) in [4.78, 5) is 21.6. The number of ether oxygens (including phenoxy) is 1. The van der Waals surface area contributed by atoms with Gasteiger partial charge in [-0.15, -0.1) is 0 Å². The highest BCUT2D eigenvalue weighted by atomic mass is 35.8. The summed E-state index contributed by atoms with van der Waals surface area (Å²) in [6, 6.07) is 9.15. The number of esters is 1. The number of phenolic OH excluding ortho intramolecular Hbond substituents is 1. The summed E-state index contributed by atoms with van der Waals surface area (Å²) in [7, 11) is 14.8. The van der Waals surface area contributed by atoms with E-state index < -0.39 is 11.4 Å². The molecule has 152 valence electrons. The number of ketones is 1. The van der Waals surface area contributed by atoms with Gasteiger partial charge in [-0.1, -0.05) is 18.2 Å². The van der Waals surface area contributed by atoms with Crippen LogP contribution in [0.4, 0.5) is 0 Å². The molecule has 0 aromatic heterocycles. The Kier molecular flexibility index (Phi) is 12.5. The number of hydrogen-bond donors (Lipinski definition) is 1. The number of phenols is 1. The van der Waals surface area contributed by atoms with Crippen LogP contribution in [0.5, 0.6) is 11.5 Å². The number of aromatic hydroxyl groups is 1. The molecule has 0 heterocycles. The van der Waals surface area contributed by atoms with Gasteiger partial charge in [0, 0.05) is 6.92 Å². The Balaban J connectivity index is 0.000000439. The minimum atomic E-state index is -1.72. The summed E-state index contributed by atoms with van der Waals surface area (Å²) in [6.45, 7) is 10.5. The predicted molar refractivity (Wildman–Crippen MR) is 118 cm³/mol. The van der Waals surface area contributed by atoms with E-state index in [9.17, 15) is 14.7 Å². The normalized spacial score (nSPS) is 9.32. The second kappa shape index (κ2) is 13.1. The number of halogens is 3. The van der Waals surface area contributed by atoms with Crippen LogP contribution >= 0.6 is 30.1 Å². The molecule has 1 N–H and O–H groups in total. The largest absolute Gasteiger partial charge is 0.643 e. The number of benzene rings is 2. The quantitative estimate of drug-likeness (QED) is 0.253. The van der Waals surface area contributed by atoms with Crippen LogP contribution < -0.4 is 4.74 Å². The van der Waals surface area contributed by atoms with Crippen molar-refractivity contribution in [3.05, 3.63) is 58.1 Å². The van der Waals surface area contributed by atoms with Gasteiger partial charge in [0.2, 0.25) is 0 Å². The van der Waals surface area contributed by atoms with Gasteiger partial charge in [-0.3, -0.25) is 9.59 Å². The smallest absolute Gasteiger partial charge is 0.507 e. The predicted octanol–water partition coefficient (Wildman–Crippen LogP) is 6.13. The second-order valence-corrected chi connectivity index (χ2v) is 12.4. The van der Waals surface area contributed by atoms with Crippen molar-refractivity contribution in [2.45, 2.75) is 41.5 Å². The molecule has 2 aromatic rings. The average molecular weight is 462 g/mol. The maximum absolute atomic E-state index is 11.0. The molecule has 0 bridgehead atoms. The van der Waals surface area contributed by atoms with Crippen LogP contribution in [0, 0.1) is 27.7 Å². The molecule has 0 saturated heterocycles. The van der Waals surface area contributed by atoms with E-state index in [-0.39, 0.29) is 17.5 Å². The number of aryl methyl sites for hydroxylation is 2. The third-order valence-corrected chi connectivity index (χ3v) is 3.89. The van der Waals surface area contributed by atoms with Gasteiger partial charge in [0.25, 0.3) is 0 Å². The first-order chi connectivity index (χ1) is 12.9. The highest BCUT2D eigenvalue weighted by Crippen LogP contribution is 2.24. The molecule has 8 heteroatoms. The van der Waals surface area contributed by atoms with Gasteiger partial charge in [-0.25, -0.2) is 30.1 Å². The first-order valence-corrected chi connectivity index (χ1v) is 13.6. The molecule has 0 unspecified atom stereocenters. The van der Waals surface area contributed by atoms with Crippen LogP contribution in [0.1, 0.15) is 46.5 Å². The molecule has 0 aliphatic heterocycles. The number of carbonyl (C=O) groups excluding carboxylic acids is 2. The molecule has 2 aromatic carbocycles. The molecule has 0 aliphatic rings. The molecule has 28 heavy (non-hydrogen) atoms. The van der Waals surface area contributed by atoms with Crippen molar-refractivity contribution in [2.75, 3.05) is 0 Å². The topological polar surface area (TPSA) is 63.6 Å². The molecule has 0 aliphatic carbocycles. The fourth-order valence-corrected chi connectivity index (χ4v) is 2.07. The Morgan fingerprint density at radius 2 is 1.39 bits per heavy atom. The van der Waals surface area contributed by atoms with Crippen LogP contribution in [-0.4, -0.2) is 28.2 Å². The summed E-state index contributed by atoms with van der Waals surface area (Å²) >= 11 is -1.72. The van der Waals surface area contributed by atoms with E-state index in [4.69, 9.17) is 34.9 Å². The lowest BCUT2D eigenvalue weighted by Gasteiger charge is -2.06. The maximum Gasteiger partial charge on any atom is 0.643 e. The fraction of sp³-hybridized carbons (Fsp3) is 0.300. The van der Waals surface area contributed by atoms with Gasteiger partial charge in [0.05, 0.1) is 5.56 Å². The molecule has 0 atom stereocenters. The first kappa shape index (κ1) is 26.8. The van der Waals surface area contributed by atoms with Crippen molar-refractivity contribution in [2.24, 2.45) is 0 Å². The van der Waals surface area contributed by atoms with Gasteiger partial charge >= 0.3 is 17.4 Å². The van der Waals surface area contributed by atoms with Gasteiger partial charge in [0.15, 0.2) is 5.78 Å². The molecule has 4 nitrogen and oxygen atoms in total. The molecule has 0 amide bonds. The third kappa shape index (κ3) is 9.82. The molecule has 0 fully saturated rings. The van der Waals surface area contributed by atoms with E-state index in [1.54, 1.807) is 19.1 Å². The molecule has 0 saturated carbocycles. The number of Topliss-reactive ketones (excluding diaryl/α,β-unsaturated/α-hetero) is 1. The number of hydrogen-bond acceptors (Lipinski definition) is 4. The second-order valence-electron chi connectivity index (χ2n) is 6.00. The fourth-order valence-electron chi connectivity index (χ4n) is 2.07. The summed E-state index contributed by atoms with van der Waals surface area (Å²) < 4.78 is 4.99. The Labute approximate surface area is 183 Å². The lowest BCUT2D eigenvalue weighted by atomic mass is 10.0. The van der Waals surface area contributed by atoms with Crippen LogP contribution in [0.25, 0.3) is 0 Å². The van der Waals surface area contributed by atoms with Gasteiger partial charge in [-0.05, 0) is 69.0 Å². The van der Waals surface area contributed by atoms with Crippen molar-refractivity contribution in [1.82, 2.24) is 0 Å². The van der Waals surface area contributed by atoms with Crippen LogP contribution in [0.2, 0.25) is 0 Å². The van der Waals surface area contributed by atoms with E-state index in [0.29, 0.717) is 11.3 Å². The van der Waals surface area contributed by atoms with Gasteiger partial charge < -0.3 is 9.84 Å². The zero-order valence-electron chi connectivity index (χ0n) is 16.8. The zero-order chi connectivity index (χ0) is 22.0. The van der Waals surface area contributed by atoms with Crippen molar-refractivity contribution >= 4 is 53.3 Å². The molecule has 0 spiro atoms. The summed E-state index contributed by atoms with van der Waals surface area (Å²) in [6.07, 6.45) is 0. The SMILES string of the molecule is CC(=O)Oc1cccc(C)c1C.CC(=O)c1ccc(C)c(C)c1O.[Cl][Al]([Cl])[Cl]. The molecular formula is C20H24AlCl3O4. The van der Waals surface area contributed by atoms with Crippen molar-refractivity contribution in [1.29, 1.82) is 0 Å². The number of rotatable bonds is 2. The van der Waals surface area contributed by atoms with Crippen LogP contribution in [0.3, 0.4) is 0 Å². The lowest BCUT2D eigenvalue weighted by Crippen LogP contribution is -2.03. The highest BCUT2D eigenvalue weighted by molar-refractivity contribution is 7.54. The Morgan fingerprint density at radius 3 is 1.86 bits per heavy atom. The zero-order valence-corrected chi connectivity index (χ0v) is 20.2. The number of carbonyl (C=O) groups is 2. The lowest BCUT2D eigenvalue weighted by molar-refractivity contribution is -0.131. The summed E-state index contributed by atoms with van der Waals surface area (Å²) in [5.41, 5.74) is 4.33. The van der Waals surface area contributed by atoms with E-state index >= 15 is 0 Å². The highest BCUT2D eigenvalue weighted by Gasteiger charge is 2.09. The minimum Gasteiger partial charge on any atom is -0.507 e. The third-order valence-electron chi connectivity index (χ3n) is 3.89. The molecular weight excluding hydrogens is 438 g/mol. The van der Waals surface area contributed by atoms with E-state index in [0.717, 1.165) is 22.3 Å². The average Bonchev–Trinajstić information content (AvgIpc) is 2.56. The standard InChI is InChI=1S/2C10H12O2.Al.3ClH/c1-7-5-4-6-10(8(7)2)12-9(3)11;1-6-4-5-9(8(3)11)10(12)7(6)2;;;;/h4-6H,1-3H3;4-5,12H,1-3H3;;3*1H/q;;+3;;;/p-3. The summed E-state index contributed by atoms with van der Waals surface area (Å²) in [5.74, 6) is 0.393. The van der Waals surface area contributed by atoms with Crippen molar-refractivity contribution in [3.63, 3.8) is 0 Å². The molecule has 0 radical (unpaired) electrons. The van der Waals surface area contributed by atoms with Gasteiger partial charge in [-0.2, -0.15) is 0 Å². The van der Waals surface area contributed by atoms with Crippen LogP contribution in [-0.2, 0) is 4.79 Å². The maximum atomic E-state index is 11.0. The van der Waals surface area contributed by atoms with E-state index in [1.165, 1.54) is 13.8 Å².